The maximum atomic E-state index is 10.2. The Kier molecular flexibility index (Phi) is 9.40. The Morgan fingerprint density at radius 1 is 1.21 bits per heavy atom. The normalized spacial score (nSPS) is 14.1. The molecule has 0 saturated heterocycles. The first kappa shape index (κ1) is 22.3. The molecule has 3 N–H and O–H groups in total. The summed E-state index contributed by atoms with van der Waals surface area (Å²) in [6, 6.07) is 9.99. The number of nitrogens with one attached hydrogen (secondary N) is 2. The van der Waals surface area contributed by atoms with E-state index in [-0.39, 0.29) is 12.7 Å². The second kappa shape index (κ2) is 11.8. The van der Waals surface area contributed by atoms with E-state index in [0.717, 1.165) is 22.8 Å². The molecule has 0 bridgehead atoms. The minimum absolute atomic E-state index is 0.0576. The molecule has 1 aromatic heterocycles. The van der Waals surface area contributed by atoms with Gasteiger partial charge in [0.25, 0.3) is 0 Å². The Hall–Kier alpha value is -1.96. The Morgan fingerprint density at radius 2 is 1.96 bits per heavy atom. The zero-order chi connectivity index (χ0) is 20.4. The van der Waals surface area contributed by atoms with Gasteiger partial charge in [0.2, 0.25) is 0 Å². The number of aromatic nitrogens is 1. The molecule has 0 aliphatic rings. The van der Waals surface area contributed by atoms with Crippen LogP contribution in [0.25, 0.3) is 0 Å². The lowest BCUT2D eigenvalue weighted by Crippen LogP contribution is -2.42. The highest BCUT2D eigenvalue weighted by Gasteiger charge is 2.11. The molecule has 2 atom stereocenters. The van der Waals surface area contributed by atoms with Crippen molar-refractivity contribution in [1.29, 1.82) is 0 Å². The predicted octanol–water partition coefficient (Wildman–Crippen LogP) is 3.46. The molecule has 28 heavy (non-hydrogen) atoms. The van der Waals surface area contributed by atoms with Gasteiger partial charge in [-0.2, -0.15) is 0 Å². The van der Waals surface area contributed by atoms with Gasteiger partial charge in [0.05, 0.1) is 31.1 Å². The fourth-order valence-corrected chi connectivity index (χ4v) is 3.38. The molecule has 0 aliphatic heterocycles. The number of thiazole rings is 1. The van der Waals surface area contributed by atoms with Gasteiger partial charge in [0.1, 0.15) is 5.01 Å². The molecule has 2 aromatic rings. The molecule has 0 saturated carbocycles. The molecule has 0 spiro atoms. The van der Waals surface area contributed by atoms with E-state index in [1.165, 1.54) is 0 Å². The Morgan fingerprint density at radius 3 is 2.61 bits per heavy atom. The molecule has 6 nitrogen and oxygen atoms in total. The SMILES string of the molecule is CCNC(=NCc1nc(C(C)C)cs1)NCC(O)COC(C)c1ccccc1. The van der Waals surface area contributed by atoms with Crippen molar-refractivity contribution in [2.24, 2.45) is 4.99 Å². The topological polar surface area (TPSA) is 78.8 Å². The van der Waals surface area contributed by atoms with Crippen LogP contribution in [0.2, 0.25) is 0 Å². The molecule has 0 fully saturated rings. The van der Waals surface area contributed by atoms with Crippen molar-refractivity contribution >= 4 is 17.3 Å². The summed E-state index contributed by atoms with van der Waals surface area (Å²) < 4.78 is 5.78. The Bertz CT molecular complexity index is 718. The molecule has 0 aliphatic carbocycles. The van der Waals surface area contributed by atoms with Crippen LogP contribution in [0.1, 0.15) is 56.0 Å². The maximum Gasteiger partial charge on any atom is 0.191 e. The third-order valence-corrected chi connectivity index (χ3v) is 5.04. The number of hydrogen-bond donors (Lipinski definition) is 3. The minimum atomic E-state index is -0.623. The molecular formula is C21H32N4O2S. The highest BCUT2D eigenvalue weighted by atomic mass is 32.1. The van der Waals surface area contributed by atoms with Crippen molar-refractivity contribution in [2.75, 3.05) is 19.7 Å². The number of benzene rings is 1. The largest absolute Gasteiger partial charge is 0.389 e. The minimum Gasteiger partial charge on any atom is -0.389 e. The first-order valence-corrected chi connectivity index (χ1v) is 10.7. The van der Waals surface area contributed by atoms with E-state index in [1.807, 2.05) is 44.2 Å². The average Bonchev–Trinajstić information content (AvgIpc) is 3.18. The summed E-state index contributed by atoms with van der Waals surface area (Å²) in [5.74, 6) is 1.09. The van der Waals surface area contributed by atoms with Crippen molar-refractivity contribution in [3.05, 3.63) is 52.0 Å². The van der Waals surface area contributed by atoms with E-state index < -0.39 is 6.10 Å². The molecule has 154 valence electrons. The number of ether oxygens (including phenoxy) is 1. The van der Waals surface area contributed by atoms with E-state index >= 15 is 0 Å². The lowest BCUT2D eigenvalue weighted by atomic mass is 10.1. The van der Waals surface area contributed by atoms with Crippen LogP contribution in [0.3, 0.4) is 0 Å². The van der Waals surface area contributed by atoms with E-state index in [9.17, 15) is 5.11 Å². The number of aliphatic hydroxyl groups is 1. The average molecular weight is 405 g/mol. The third-order valence-electron chi connectivity index (χ3n) is 4.19. The van der Waals surface area contributed by atoms with E-state index in [4.69, 9.17) is 4.74 Å². The highest BCUT2D eigenvalue weighted by Crippen LogP contribution is 2.18. The van der Waals surface area contributed by atoms with Gasteiger partial charge in [-0.25, -0.2) is 9.98 Å². The summed E-state index contributed by atoms with van der Waals surface area (Å²) in [5.41, 5.74) is 2.20. The van der Waals surface area contributed by atoms with Gasteiger partial charge in [-0.1, -0.05) is 44.2 Å². The molecular weight excluding hydrogens is 372 g/mol. The van der Waals surface area contributed by atoms with E-state index in [0.29, 0.717) is 25.0 Å². The quantitative estimate of drug-likeness (QED) is 0.417. The standard InChI is InChI=1S/C21H32N4O2S/c1-5-22-21(24-12-20-25-19(14-28-20)15(2)3)23-11-18(26)13-27-16(4)17-9-7-6-8-10-17/h6-10,14-16,18,26H,5,11-13H2,1-4H3,(H2,22,23,24). The van der Waals surface area contributed by atoms with Crippen molar-refractivity contribution in [1.82, 2.24) is 15.6 Å². The van der Waals surface area contributed by atoms with E-state index in [1.54, 1.807) is 11.3 Å². The van der Waals surface area contributed by atoms with Crippen LogP contribution in [-0.2, 0) is 11.3 Å². The molecule has 2 rings (SSSR count). The number of hydrogen-bond acceptors (Lipinski definition) is 5. The molecule has 2 unspecified atom stereocenters. The predicted molar refractivity (Wildman–Crippen MR) is 116 cm³/mol. The van der Waals surface area contributed by atoms with Gasteiger partial charge in [-0.05, 0) is 25.3 Å². The molecule has 0 amide bonds. The summed E-state index contributed by atoms with van der Waals surface area (Å²) in [6.07, 6.45) is -0.680. The zero-order valence-corrected chi connectivity index (χ0v) is 18.0. The van der Waals surface area contributed by atoms with Crippen molar-refractivity contribution < 1.29 is 9.84 Å². The second-order valence-corrected chi connectivity index (χ2v) is 7.88. The van der Waals surface area contributed by atoms with Gasteiger partial charge in [-0.3, -0.25) is 0 Å². The smallest absolute Gasteiger partial charge is 0.191 e. The van der Waals surface area contributed by atoms with Crippen LogP contribution in [0.5, 0.6) is 0 Å². The van der Waals surface area contributed by atoms with Gasteiger partial charge < -0.3 is 20.5 Å². The van der Waals surface area contributed by atoms with Crippen molar-refractivity contribution in [2.45, 2.75) is 52.4 Å². The highest BCUT2D eigenvalue weighted by molar-refractivity contribution is 7.09. The van der Waals surface area contributed by atoms with Gasteiger partial charge in [0, 0.05) is 18.5 Å². The first-order chi connectivity index (χ1) is 13.5. The van der Waals surface area contributed by atoms with E-state index in [2.05, 4.69) is 39.8 Å². The summed E-state index contributed by atoms with van der Waals surface area (Å²) in [7, 11) is 0. The molecule has 0 radical (unpaired) electrons. The zero-order valence-electron chi connectivity index (χ0n) is 17.2. The molecule has 7 heteroatoms. The van der Waals surface area contributed by atoms with Crippen LogP contribution in [0, 0.1) is 0 Å². The summed E-state index contributed by atoms with van der Waals surface area (Å²) in [5, 5.41) is 19.7. The Labute approximate surface area is 172 Å². The lowest BCUT2D eigenvalue weighted by Gasteiger charge is -2.18. The Balaban J connectivity index is 1.79. The first-order valence-electron chi connectivity index (χ1n) is 9.80. The molecule has 1 aromatic carbocycles. The summed E-state index contributed by atoms with van der Waals surface area (Å²) in [6.45, 7) is 10.2. The third kappa shape index (κ3) is 7.58. The van der Waals surface area contributed by atoms with Crippen LogP contribution in [-0.4, -0.2) is 41.9 Å². The number of aliphatic imine (C=N–C) groups is 1. The second-order valence-electron chi connectivity index (χ2n) is 6.94. The van der Waals surface area contributed by atoms with Crippen molar-refractivity contribution in [3.63, 3.8) is 0 Å². The number of rotatable bonds is 10. The van der Waals surface area contributed by atoms with Gasteiger partial charge in [0.15, 0.2) is 5.96 Å². The monoisotopic (exact) mass is 404 g/mol. The summed E-state index contributed by atoms with van der Waals surface area (Å²) >= 11 is 1.63. The number of nitrogens with zero attached hydrogens (tertiary/aromatic N) is 2. The maximum absolute atomic E-state index is 10.2. The van der Waals surface area contributed by atoms with Crippen molar-refractivity contribution in [3.8, 4) is 0 Å². The van der Waals surface area contributed by atoms with Gasteiger partial charge >= 0.3 is 0 Å². The summed E-state index contributed by atoms with van der Waals surface area (Å²) in [4.78, 5) is 9.16. The van der Waals surface area contributed by atoms with Crippen LogP contribution < -0.4 is 10.6 Å². The number of aliphatic hydroxyl groups excluding tert-OH is 1. The lowest BCUT2D eigenvalue weighted by molar-refractivity contribution is -0.000599. The fraction of sp³-hybridized carbons (Fsp3) is 0.524. The van der Waals surface area contributed by atoms with Gasteiger partial charge in [-0.15, -0.1) is 11.3 Å². The fourth-order valence-electron chi connectivity index (χ4n) is 2.50. The molecule has 1 heterocycles. The van der Waals surface area contributed by atoms with Crippen LogP contribution in [0.15, 0.2) is 40.7 Å². The van der Waals surface area contributed by atoms with Crippen LogP contribution >= 0.6 is 11.3 Å². The van der Waals surface area contributed by atoms with Crippen LogP contribution in [0.4, 0.5) is 0 Å². The number of guanidine groups is 1.